The molecule has 0 aliphatic heterocycles. The van der Waals surface area contributed by atoms with Gasteiger partial charge in [-0.05, 0) is 60.5 Å². The maximum absolute atomic E-state index is 12.8. The van der Waals surface area contributed by atoms with Gasteiger partial charge in [0.1, 0.15) is 0 Å². The first-order valence-electron chi connectivity index (χ1n) is 7.93. The van der Waals surface area contributed by atoms with Crippen molar-refractivity contribution in [2.75, 3.05) is 10.6 Å². The van der Waals surface area contributed by atoms with Crippen LogP contribution in [-0.2, 0) is 6.54 Å². The number of carbonyl (C=O) groups is 1. The number of aryl methyl sites for hydroxylation is 1. The normalized spacial score (nSPS) is 10.3. The van der Waals surface area contributed by atoms with Gasteiger partial charge >= 0.3 is 0 Å². The van der Waals surface area contributed by atoms with Crippen LogP contribution in [0.1, 0.15) is 21.5 Å². The van der Waals surface area contributed by atoms with Crippen molar-refractivity contribution >= 4 is 28.9 Å². The molecule has 3 rings (SSSR count). The fraction of sp³-hybridized carbons (Fsp3) is 0.100. The van der Waals surface area contributed by atoms with E-state index in [-0.39, 0.29) is 5.91 Å². The molecule has 0 radical (unpaired) electrons. The largest absolute Gasteiger partial charge is 0.380 e. The highest BCUT2D eigenvalue weighted by molar-refractivity contribution is 6.30. The van der Waals surface area contributed by atoms with E-state index in [9.17, 15) is 4.79 Å². The maximum Gasteiger partial charge on any atom is 0.258 e. The third-order valence-corrected chi connectivity index (χ3v) is 4.09. The van der Waals surface area contributed by atoms with E-state index in [0.717, 1.165) is 16.8 Å². The lowest BCUT2D eigenvalue weighted by molar-refractivity contribution is 0.102. The Morgan fingerprint density at radius 3 is 2.48 bits per heavy atom. The van der Waals surface area contributed by atoms with Crippen LogP contribution in [0.15, 0.2) is 67.0 Å². The fourth-order valence-corrected chi connectivity index (χ4v) is 2.67. The summed E-state index contributed by atoms with van der Waals surface area (Å²) in [7, 11) is 0. The van der Waals surface area contributed by atoms with E-state index in [0.29, 0.717) is 22.8 Å². The summed E-state index contributed by atoms with van der Waals surface area (Å²) in [5, 5.41) is 6.89. The number of pyridine rings is 1. The molecular weight excluding hydrogens is 334 g/mol. The molecule has 2 aromatic carbocycles. The van der Waals surface area contributed by atoms with E-state index in [2.05, 4.69) is 15.6 Å². The predicted octanol–water partition coefficient (Wildman–Crippen LogP) is 4.91. The first-order chi connectivity index (χ1) is 12.1. The van der Waals surface area contributed by atoms with Crippen molar-refractivity contribution in [3.63, 3.8) is 0 Å². The molecule has 5 heteroatoms. The lowest BCUT2D eigenvalue weighted by Crippen LogP contribution is -2.16. The van der Waals surface area contributed by atoms with E-state index >= 15 is 0 Å². The molecule has 0 spiro atoms. The quantitative estimate of drug-likeness (QED) is 0.686. The minimum Gasteiger partial charge on any atom is -0.380 e. The number of nitrogens with one attached hydrogen (secondary N) is 2. The monoisotopic (exact) mass is 351 g/mol. The minimum absolute atomic E-state index is 0.155. The first-order valence-corrected chi connectivity index (χ1v) is 8.30. The first kappa shape index (κ1) is 17.0. The number of nitrogens with zero attached hydrogens (tertiary/aromatic N) is 1. The molecule has 1 amide bonds. The summed E-state index contributed by atoms with van der Waals surface area (Å²) in [4.78, 5) is 16.8. The zero-order valence-electron chi connectivity index (χ0n) is 13.8. The average Bonchev–Trinajstić information content (AvgIpc) is 2.62. The Labute approximate surface area is 151 Å². The van der Waals surface area contributed by atoms with Crippen LogP contribution < -0.4 is 10.6 Å². The Morgan fingerprint density at radius 1 is 1.04 bits per heavy atom. The van der Waals surface area contributed by atoms with E-state index in [1.807, 2.05) is 37.3 Å². The molecule has 2 N–H and O–H groups in total. The smallest absolute Gasteiger partial charge is 0.258 e. The predicted molar refractivity (Wildman–Crippen MR) is 102 cm³/mol. The Kier molecular flexibility index (Phi) is 5.31. The number of halogens is 1. The topological polar surface area (TPSA) is 54.0 Å². The SMILES string of the molecule is Cc1cccc(NCc2ccncc2)c1C(=O)Nc1ccc(Cl)cc1. The van der Waals surface area contributed by atoms with Gasteiger partial charge < -0.3 is 10.6 Å². The zero-order chi connectivity index (χ0) is 17.6. The molecule has 0 bridgehead atoms. The second-order valence-corrected chi connectivity index (χ2v) is 6.10. The van der Waals surface area contributed by atoms with Crippen LogP contribution in [0.2, 0.25) is 5.02 Å². The van der Waals surface area contributed by atoms with Gasteiger partial charge in [-0.3, -0.25) is 9.78 Å². The molecule has 0 fully saturated rings. The molecule has 1 aromatic heterocycles. The number of anilines is 2. The maximum atomic E-state index is 12.8. The number of hydrogen-bond acceptors (Lipinski definition) is 3. The fourth-order valence-electron chi connectivity index (χ4n) is 2.54. The molecule has 0 aliphatic rings. The minimum atomic E-state index is -0.155. The number of hydrogen-bond donors (Lipinski definition) is 2. The highest BCUT2D eigenvalue weighted by Crippen LogP contribution is 2.22. The third-order valence-electron chi connectivity index (χ3n) is 3.83. The number of benzene rings is 2. The summed E-state index contributed by atoms with van der Waals surface area (Å²) in [6.45, 7) is 2.54. The van der Waals surface area contributed by atoms with Crippen molar-refractivity contribution in [3.8, 4) is 0 Å². The van der Waals surface area contributed by atoms with Gasteiger partial charge in [0, 0.05) is 35.3 Å². The molecule has 0 saturated heterocycles. The molecule has 3 aromatic rings. The standard InChI is InChI=1S/C20H18ClN3O/c1-14-3-2-4-18(23-13-15-9-11-22-12-10-15)19(14)20(25)24-17-7-5-16(21)6-8-17/h2-12,23H,13H2,1H3,(H,24,25). The van der Waals surface area contributed by atoms with Gasteiger partial charge in [0.05, 0.1) is 5.56 Å². The lowest BCUT2D eigenvalue weighted by atomic mass is 10.1. The van der Waals surface area contributed by atoms with Crippen molar-refractivity contribution in [1.82, 2.24) is 4.98 Å². The van der Waals surface area contributed by atoms with Gasteiger partial charge in [-0.15, -0.1) is 0 Å². The van der Waals surface area contributed by atoms with Gasteiger partial charge in [0.2, 0.25) is 0 Å². The van der Waals surface area contributed by atoms with Gasteiger partial charge in [-0.2, -0.15) is 0 Å². The summed E-state index contributed by atoms with van der Waals surface area (Å²) in [6, 6.07) is 16.7. The molecule has 4 nitrogen and oxygen atoms in total. The third kappa shape index (κ3) is 4.37. The number of rotatable bonds is 5. The highest BCUT2D eigenvalue weighted by Gasteiger charge is 2.14. The van der Waals surface area contributed by atoms with Crippen LogP contribution in [0, 0.1) is 6.92 Å². The summed E-state index contributed by atoms with van der Waals surface area (Å²) in [5.74, 6) is -0.155. The molecule has 0 unspecified atom stereocenters. The van der Waals surface area contributed by atoms with Gasteiger partial charge in [0.25, 0.3) is 5.91 Å². The Hall–Kier alpha value is -2.85. The van der Waals surface area contributed by atoms with Crippen LogP contribution >= 0.6 is 11.6 Å². The Balaban J connectivity index is 1.80. The van der Waals surface area contributed by atoms with Crippen LogP contribution in [0.3, 0.4) is 0 Å². The van der Waals surface area contributed by atoms with Crippen LogP contribution in [0.25, 0.3) is 0 Å². The number of carbonyl (C=O) groups excluding carboxylic acids is 1. The highest BCUT2D eigenvalue weighted by atomic mass is 35.5. The van der Waals surface area contributed by atoms with E-state index in [4.69, 9.17) is 11.6 Å². The molecule has 1 heterocycles. The van der Waals surface area contributed by atoms with Crippen molar-refractivity contribution in [1.29, 1.82) is 0 Å². The van der Waals surface area contributed by atoms with Crippen molar-refractivity contribution in [2.45, 2.75) is 13.5 Å². The van der Waals surface area contributed by atoms with Crippen molar-refractivity contribution < 1.29 is 4.79 Å². The molecular formula is C20H18ClN3O. The van der Waals surface area contributed by atoms with Crippen LogP contribution in [0.4, 0.5) is 11.4 Å². The summed E-state index contributed by atoms with van der Waals surface area (Å²) < 4.78 is 0. The molecule has 126 valence electrons. The van der Waals surface area contributed by atoms with Gasteiger partial charge in [-0.25, -0.2) is 0 Å². The van der Waals surface area contributed by atoms with Crippen molar-refractivity contribution in [2.24, 2.45) is 0 Å². The molecule has 0 atom stereocenters. The lowest BCUT2D eigenvalue weighted by Gasteiger charge is -2.15. The average molecular weight is 352 g/mol. The second kappa shape index (κ2) is 7.81. The molecule has 0 saturated carbocycles. The second-order valence-electron chi connectivity index (χ2n) is 5.67. The van der Waals surface area contributed by atoms with Gasteiger partial charge in [0.15, 0.2) is 0 Å². The molecule has 25 heavy (non-hydrogen) atoms. The van der Waals surface area contributed by atoms with Gasteiger partial charge in [-0.1, -0.05) is 23.7 Å². The van der Waals surface area contributed by atoms with Crippen molar-refractivity contribution in [3.05, 3.63) is 88.7 Å². The summed E-state index contributed by atoms with van der Waals surface area (Å²) >= 11 is 5.89. The molecule has 0 aliphatic carbocycles. The summed E-state index contributed by atoms with van der Waals surface area (Å²) in [5.41, 5.74) is 4.14. The van der Waals surface area contributed by atoms with Crippen LogP contribution in [0.5, 0.6) is 0 Å². The van der Waals surface area contributed by atoms with E-state index in [1.165, 1.54) is 0 Å². The van der Waals surface area contributed by atoms with Crippen LogP contribution in [-0.4, -0.2) is 10.9 Å². The summed E-state index contributed by atoms with van der Waals surface area (Å²) in [6.07, 6.45) is 3.50. The Bertz CT molecular complexity index is 864. The number of amides is 1. The Morgan fingerprint density at radius 2 is 1.76 bits per heavy atom. The number of aromatic nitrogens is 1. The van der Waals surface area contributed by atoms with E-state index in [1.54, 1.807) is 36.7 Å². The van der Waals surface area contributed by atoms with E-state index < -0.39 is 0 Å². The zero-order valence-corrected chi connectivity index (χ0v) is 14.5.